The van der Waals surface area contributed by atoms with Gasteiger partial charge in [-0.2, -0.15) is 0 Å². The smallest absolute Gasteiger partial charge is 0.236 e. The number of rotatable bonds is 5. The minimum Gasteiger partial charge on any atom is -0.355 e. The van der Waals surface area contributed by atoms with E-state index in [0.29, 0.717) is 13.1 Å². The second-order valence-electron chi connectivity index (χ2n) is 3.33. The number of carbonyl (C=O) groups is 1. The quantitative estimate of drug-likeness (QED) is 0.837. The van der Waals surface area contributed by atoms with Crippen LogP contribution in [0.25, 0.3) is 0 Å². The number of likely N-dealkylation sites (N-methyl/N-ethyl adjacent to an activating group) is 1. The molecule has 0 aliphatic carbocycles. The van der Waals surface area contributed by atoms with Gasteiger partial charge in [0.25, 0.3) is 0 Å². The predicted molar refractivity (Wildman–Crippen MR) is 74.7 cm³/mol. The van der Waals surface area contributed by atoms with E-state index in [2.05, 4.69) is 42.5 Å². The van der Waals surface area contributed by atoms with Gasteiger partial charge in [0, 0.05) is 22.4 Å². The Labute approximate surface area is 116 Å². The van der Waals surface area contributed by atoms with Crippen molar-refractivity contribution in [2.24, 2.45) is 0 Å². The molecule has 0 aliphatic heterocycles. The Morgan fingerprint density at radius 3 is 2.75 bits per heavy atom. The molecule has 1 rings (SSSR count). The number of hydrogen-bond donors (Lipinski definition) is 2. The van der Waals surface area contributed by atoms with Gasteiger partial charge in [-0.05, 0) is 51.8 Å². The zero-order valence-corrected chi connectivity index (χ0v) is 13.1. The fraction of sp³-hybridized carbons (Fsp3) is 0.500. The summed E-state index contributed by atoms with van der Waals surface area (Å²) in [7, 11) is 0. The normalized spacial score (nSPS) is 12.5. The summed E-state index contributed by atoms with van der Waals surface area (Å²) >= 11 is 8.53. The molecule has 90 valence electrons. The maximum atomic E-state index is 11.4. The third kappa shape index (κ3) is 4.16. The standard InChI is InChI=1S/C10H14Br2N2OS/c1-3-13-10(15)6(2)14-5-7-4-8(11)9(12)16-7/h4,6,14H,3,5H2,1-2H3,(H,13,15). The monoisotopic (exact) mass is 368 g/mol. The van der Waals surface area contributed by atoms with Crippen molar-refractivity contribution >= 4 is 49.1 Å². The van der Waals surface area contributed by atoms with E-state index in [0.717, 1.165) is 8.26 Å². The van der Waals surface area contributed by atoms with Gasteiger partial charge in [-0.3, -0.25) is 4.79 Å². The summed E-state index contributed by atoms with van der Waals surface area (Å²) in [6.45, 7) is 5.15. The Kier molecular flexibility index (Phi) is 5.96. The van der Waals surface area contributed by atoms with Crippen LogP contribution in [0, 0.1) is 0 Å². The van der Waals surface area contributed by atoms with Crippen LogP contribution in [0.1, 0.15) is 18.7 Å². The maximum Gasteiger partial charge on any atom is 0.236 e. The first kappa shape index (κ1) is 14.2. The van der Waals surface area contributed by atoms with Crippen molar-refractivity contribution in [3.8, 4) is 0 Å². The molecule has 1 heterocycles. The highest BCUT2D eigenvalue weighted by Crippen LogP contribution is 2.32. The molecule has 1 unspecified atom stereocenters. The van der Waals surface area contributed by atoms with Crippen molar-refractivity contribution in [1.82, 2.24) is 10.6 Å². The average Bonchev–Trinajstić information content (AvgIpc) is 2.55. The fourth-order valence-electron chi connectivity index (χ4n) is 1.15. The van der Waals surface area contributed by atoms with E-state index in [4.69, 9.17) is 0 Å². The Bertz CT molecular complexity index is 348. The Balaban J connectivity index is 2.42. The highest BCUT2D eigenvalue weighted by atomic mass is 79.9. The highest BCUT2D eigenvalue weighted by molar-refractivity contribution is 9.13. The summed E-state index contributed by atoms with van der Waals surface area (Å²) in [6, 6.07) is 1.88. The second kappa shape index (κ2) is 6.74. The van der Waals surface area contributed by atoms with Crippen molar-refractivity contribution < 1.29 is 4.79 Å². The van der Waals surface area contributed by atoms with Crippen LogP contribution in [0.5, 0.6) is 0 Å². The summed E-state index contributed by atoms with van der Waals surface area (Å²) in [6.07, 6.45) is 0. The van der Waals surface area contributed by atoms with Crippen LogP contribution in [-0.2, 0) is 11.3 Å². The predicted octanol–water partition coefficient (Wildman–Crippen LogP) is 2.89. The van der Waals surface area contributed by atoms with Crippen molar-refractivity contribution in [3.63, 3.8) is 0 Å². The summed E-state index contributed by atoms with van der Waals surface area (Å²) < 4.78 is 2.13. The van der Waals surface area contributed by atoms with Crippen LogP contribution in [0.4, 0.5) is 0 Å². The molecule has 6 heteroatoms. The van der Waals surface area contributed by atoms with E-state index in [1.165, 1.54) is 4.88 Å². The molecule has 0 radical (unpaired) electrons. The van der Waals surface area contributed by atoms with E-state index < -0.39 is 0 Å². The molecule has 1 atom stereocenters. The van der Waals surface area contributed by atoms with E-state index >= 15 is 0 Å². The second-order valence-corrected chi connectivity index (χ2v) is 6.64. The third-order valence-corrected chi connectivity index (χ3v) is 5.28. The topological polar surface area (TPSA) is 41.1 Å². The van der Waals surface area contributed by atoms with Gasteiger partial charge < -0.3 is 10.6 Å². The van der Waals surface area contributed by atoms with Gasteiger partial charge in [-0.1, -0.05) is 0 Å². The molecule has 1 aromatic rings. The number of halogens is 2. The van der Waals surface area contributed by atoms with E-state index in [1.54, 1.807) is 11.3 Å². The molecule has 3 nitrogen and oxygen atoms in total. The van der Waals surface area contributed by atoms with Crippen molar-refractivity contribution in [3.05, 3.63) is 19.2 Å². The van der Waals surface area contributed by atoms with E-state index in [1.807, 2.05) is 19.9 Å². The van der Waals surface area contributed by atoms with Crippen molar-refractivity contribution in [1.29, 1.82) is 0 Å². The SMILES string of the molecule is CCNC(=O)C(C)NCc1cc(Br)c(Br)s1. The molecule has 1 amide bonds. The minimum atomic E-state index is -0.167. The Hall–Kier alpha value is 0.0900. The zero-order valence-electron chi connectivity index (χ0n) is 9.14. The Morgan fingerprint density at radius 1 is 1.56 bits per heavy atom. The van der Waals surface area contributed by atoms with Crippen molar-refractivity contribution in [2.75, 3.05) is 6.54 Å². The van der Waals surface area contributed by atoms with Gasteiger partial charge in [0.2, 0.25) is 5.91 Å². The first-order chi connectivity index (χ1) is 7.54. The lowest BCUT2D eigenvalue weighted by atomic mass is 10.3. The molecule has 1 aromatic heterocycles. The number of thiophene rings is 1. The van der Waals surface area contributed by atoms with E-state index in [-0.39, 0.29) is 11.9 Å². The molecule has 0 saturated carbocycles. The first-order valence-corrected chi connectivity index (χ1v) is 7.39. The van der Waals surface area contributed by atoms with Crippen LogP contribution in [-0.4, -0.2) is 18.5 Å². The van der Waals surface area contributed by atoms with Gasteiger partial charge in [0.15, 0.2) is 0 Å². The zero-order chi connectivity index (χ0) is 12.1. The average molecular weight is 370 g/mol. The van der Waals surface area contributed by atoms with Gasteiger partial charge in [-0.15, -0.1) is 11.3 Å². The molecular weight excluding hydrogens is 356 g/mol. The third-order valence-electron chi connectivity index (χ3n) is 2.02. The number of carbonyl (C=O) groups excluding carboxylic acids is 1. The summed E-state index contributed by atoms with van der Waals surface area (Å²) in [4.78, 5) is 12.6. The molecule has 0 bridgehead atoms. The van der Waals surface area contributed by atoms with Crippen LogP contribution in [0.2, 0.25) is 0 Å². The molecule has 0 saturated heterocycles. The molecule has 16 heavy (non-hydrogen) atoms. The maximum absolute atomic E-state index is 11.4. The minimum absolute atomic E-state index is 0.0391. The number of hydrogen-bond acceptors (Lipinski definition) is 3. The number of amides is 1. The number of nitrogens with one attached hydrogen (secondary N) is 2. The molecular formula is C10H14Br2N2OS. The highest BCUT2D eigenvalue weighted by Gasteiger charge is 2.11. The van der Waals surface area contributed by atoms with Crippen LogP contribution in [0.15, 0.2) is 14.3 Å². The summed E-state index contributed by atoms with van der Waals surface area (Å²) in [5.74, 6) is 0.0391. The molecule has 2 N–H and O–H groups in total. The lowest BCUT2D eigenvalue weighted by Crippen LogP contribution is -2.41. The van der Waals surface area contributed by atoms with Gasteiger partial charge in [-0.25, -0.2) is 0 Å². The van der Waals surface area contributed by atoms with Crippen molar-refractivity contribution in [2.45, 2.75) is 26.4 Å². The van der Waals surface area contributed by atoms with E-state index in [9.17, 15) is 4.79 Å². The largest absolute Gasteiger partial charge is 0.355 e. The van der Waals surface area contributed by atoms with Crippen LogP contribution < -0.4 is 10.6 Å². The van der Waals surface area contributed by atoms with Crippen LogP contribution >= 0.6 is 43.2 Å². The lowest BCUT2D eigenvalue weighted by molar-refractivity contribution is -0.122. The molecule has 0 spiro atoms. The molecule has 0 aromatic carbocycles. The molecule has 0 fully saturated rings. The fourth-order valence-corrected chi connectivity index (χ4v) is 3.28. The summed E-state index contributed by atoms with van der Waals surface area (Å²) in [5, 5.41) is 5.96. The van der Waals surface area contributed by atoms with Gasteiger partial charge in [0.1, 0.15) is 0 Å². The molecule has 0 aliphatic rings. The van der Waals surface area contributed by atoms with Gasteiger partial charge >= 0.3 is 0 Å². The van der Waals surface area contributed by atoms with Crippen LogP contribution in [0.3, 0.4) is 0 Å². The summed E-state index contributed by atoms with van der Waals surface area (Å²) in [5.41, 5.74) is 0. The lowest BCUT2D eigenvalue weighted by Gasteiger charge is -2.12. The first-order valence-electron chi connectivity index (χ1n) is 4.99. The van der Waals surface area contributed by atoms with Gasteiger partial charge in [0.05, 0.1) is 9.83 Å². The Morgan fingerprint density at radius 2 is 2.25 bits per heavy atom.